The highest BCUT2D eigenvalue weighted by molar-refractivity contribution is 6.46. The van der Waals surface area contributed by atoms with Crippen LogP contribution in [0.15, 0.2) is 60.2 Å². The Bertz CT molecular complexity index is 856. The zero-order chi connectivity index (χ0) is 19.4. The number of benzene rings is 2. The van der Waals surface area contributed by atoms with Gasteiger partial charge in [0.15, 0.2) is 0 Å². The van der Waals surface area contributed by atoms with Crippen LogP contribution < -0.4 is 4.74 Å². The molecule has 0 aliphatic carbocycles. The molecule has 5 heteroatoms. The molecule has 1 amide bonds. The van der Waals surface area contributed by atoms with E-state index >= 15 is 0 Å². The van der Waals surface area contributed by atoms with Crippen LogP contribution in [0.2, 0.25) is 0 Å². The van der Waals surface area contributed by atoms with Crippen LogP contribution in [0, 0.1) is 0 Å². The number of aliphatic hydroxyl groups is 1. The molecule has 1 atom stereocenters. The molecule has 0 unspecified atom stereocenters. The molecule has 1 saturated heterocycles. The highest BCUT2D eigenvalue weighted by atomic mass is 16.5. The topological polar surface area (TPSA) is 66.8 Å². The highest BCUT2D eigenvalue weighted by Crippen LogP contribution is 2.39. The molecule has 140 valence electrons. The Morgan fingerprint density at radius 2 is 1.74 bits per heavy atom. The molecule has 1 heterocycles. The predicted octanol–water partition coefficient (Wildman–Crippen LogP) is 3.92. The van der Waals surface area contributed by atoms with Gasteiger partial charge in [0, 0.05) is 12.1 Å². The number of methoxy groups -OCH3 is 1. The molecule has 1 aliphatic rings. The number of unbranched alkanes of at least 4 members (excludes halogenated alkanes) is 1. The van der Waals surface area contributed by atoms with Gasteiger partial charge >= 0.3 is 0 Å². The molecule has 1 aliphatic heterocycles. The highest BCUT2D eigenvalue weighted by Gasteiger charge is 2.45. The lowest BCUT2D eigenvalue weighted by Gasteiger charge is -2.25. The quantitative estimate of drug-likeness (QED) is 0.479. The van der Waals surface area contributed by atoms with E-state index in [1.165, 1.54) is 0 Å². The van der Waals surface area contributed by atoms with E-state index in [2.05, 4.69) is 0 Å². The molecule has 2 aromatic rings. The van der Waals surface area contributed by atoms with Gasteiger partial charge in [0.25, 0.3) is 11.7 Å². The number of ketones is 1. The molecular formula is C22H23NO4. The number of amides is 1. The first kappa shape index (κ1) is 18.7. The van der Waals surface area contributed by atoms with E-state index in [1.54, 1.807) is 36.3 Å². The molecule has 0 radical (unpaired) electrons. The Kier molecular flexibility index (Phi) is 5.60. The van der Waals surface area contributed by atoms with E-state index in [1.807, 2.05) is 37.3 Å². The Morgan fingerprint density at radius 3 is 2.33 bits per heavy atom. The summed E-state index contributed by atoms with van der Waals surface area (Å²) in [6.45, 7) is 2.51. The monoisotopic (exact) mass is 365 g/mol. The summed E-state index contributed by atoms with van der Waals surface area (Å²) >= 11 is 0. The fourth-order valence-corrected chi connectivity index (χ4v) is 3.33. The van der Waals surface area contributed by atoms with Crippen molar-refractivity contribution in [2.24, 2.45) is 0 Å². The van der Waals surface area contributed by atoms with Crippen molar-refractivity contribution in [2.75, 3.05) is 13.7 Å². The number of hydrogen-bond donors (Lipinski definition) is 1. The van der Waals surface area contributed by atoms with Crippen molar-refractivity contribution >= 4 is 17.4 Å². The fraction of sp³-hybridized carbons (Fsp3) is 0.273. The molecule has 3 rings (SSSR count). The lowest BCUT2D eigenvalue weighted by molar-refractivity contribution is -0.139. The maximum Gasteiger partial charge on any atom is 0.295 e. The number of Topliss-reactive ketones (excluding diaryl/α,β-unsaturated/α-hetero) is 1. The third-order valence-corrected chi connectivity index (χ3v) is 4.77. The lowest BCUT2D eigenvalue weighted by atomic mass is 9.95. The van der Waals surface area contributed by atoms with Crippen LogP contribution in [0.3, 0.4) is 0 Å². The van der Waals surface area contributed by atoms with Gasteiger partial charge in [-0.05, 0) is 36.2 Å². The molecule has 27 heavy (non-hydrogen) atoms. The molecule has 5 nitrogen and oxygen atoms in total. The Morgan fingerprint density at radius 1 is 1.07 bits per heavy atom. The Hall–Kier alpha value is -3.08. The Labute approximate surface area is 158 Å². The van der Waals surface area contributed by atoms with Gasteiger partial charge in [0.05, 0.1) is 18.7 Å². The van der Waals surface area contributed by atoms with E-state index in [-0.39, 0.29) is 11.3 Å². The third kappa shape index (κ3) is 3.58. The summed E-state index contributed by atoms with van der Waals surface area (Å²) in [7, 11) is 1.56. The van der Waals surface area contributed by atoms with E-state index in [9.17, 15) is 14.7 Å². The van der Waals surface area contributed by atoms with E-state index in [4.69, 9.17) is 4.74 Å². The first-order chi connectivity index (χ1) is 13.1. The van der Waals surface area contributed by atoms with Gasteiger partial charge in [-0.25, -0.2) is 0 Å². The zero-order valence-corrected chi connectivity index (χ0v) is 15.5. The van der Waals surface area contributed by atoms with Crippen molar-refractivity contribution in [3.8, 4) is 5.75 Å². The van der Waals surface area contributed by atoms with Crippen LogP contribution in [0.4, 0.5) is 0 Å². The van der Waals surface area contributed by atoms with Gasteiger partial charge in [0.2, 0.25) is 0 Å². The van der Waals surface area contributed by atoms with Crippen LogP contribution in [0.5, 0.6) is 5.75 Å². The summed E-state index contributed by atoms with van der Waals surface area (Å²) in [6.07, 6.45) is 1.70. The minimum atomic E-state index is -0.645. The van der Waals surface area contributed by atoms with Crippen molar-refractivity contribution in [3.63, 3.8) is 0 Å². The summed E-state index contributed by atoms with van der Waals surface area (Å²) in [5, 5.41) is 10.9. The van der Waals surface area contributed by atoms with Crippen molar-refractivity contribution in [1.29, 1.82) is 0 Å². The molecular weight excluding hydrogens is 342 g/mol. The second kappa shape index (κ2) is 8.08. The number of rotatable bonds is 6. The number of carbonyl (C=O) groups is 2. The number of carbonyl (C=O) groups excluding carboxylic acids is 2. The average molecular weight is 365 g/mol. The number of hydrogen-bond acceptors (Lipinski definition) is 4. The SMILES string of the molecule is CCCCN1C(=O)C(=O)C(=C(O)c2ccc(OC)cc2)[C@H]1c1ccccc1. The van der Waals surface area contributed by atoms with Gasteiger partial charge < -0.3 is 14.7 Å². The molecule has 1 N–H and O–H groups in total. The normalized spacial score (nSPS) is 18.7. The number of likely N-dealkylation sites (tertiary alicyclic amines) is 1. The lowest BCUT2D eigenvalue weighted by Crippen LogP contribution is -2.30. The zero-order valence-electron chi connectivity index (χ0n) is 15.5. The molecule has 0 saturated carbocycles. The van der Waals surface area contributed by atoms with Crippen LogP contribution in [-0.4, -0.2) is 35.4 Å². The second-order valence-electron chi connectivity index (χ2n) is 6.49. The summed E-state index contributed by atoms with van der Waals surface area (Å²) < 4.78 is 5.14. The largest absolute Gasteiger partial charge is 0.507 e. The molecule has 1 fully saturated rings. The molecule has 2 aromatic carbocycles. The summed E-state index contributed by atoms with van der Waals surface area (Å²) in [5.74, 6) is -0.723. The van der Waals surface area contributed by atoms with E-state index in [0.717, 1.165) is 18.4 Å². The maximum atomic E-state index is 12.8. The summed E-state index contributed by atoms with van der Waals surface area (Å²) in [6, 6.07) is 15.5. The van der Waals surface area contributed by atoms with Gasteiger partial charge in [-0.1, -0.05) is 43.7 Å². The van der Waals surface area contributed by atoms with Crippen LogP contribution >= 0.6 is 0 Å². The van der Waals surface area contributed by atoms with Gasteiger partial charge in [-0.3, -0.25) is 9.59 Å². The summed E-state index contributed by atoms with van der Waals surface area (Å²) in [5.41, 5.74) is 1.42. The number of aliphatic hydroxyl groups excluding tert-OH is 1. The Balaban J connectivity index is 2.11. The predicted molar refractivity (Wildman–Crippen MR) is 103 cm³/mol. The molecule has 0 bridgehead atoms. The number of ether oxygens (including phenoxy) is 1. The average Bonchev–Trinajstić information content (AvgIpc) is 2.97. The summed E-state index contributed by atoms with van der Waals surface area (Å²) in [4.78, 5) is 27.0. The molecule has 0 aromatic heterocycles. The molecule has 0 spiro atoms. The first-order valence-electron chi connectivity index (χ1n) is 9.06. The minimum Gasteiger partial charge on any atom is -0.507 e. The van der Waals surface area contributed by atoms with Crippen molar-refractivity contribution in [3.05, 3.63) is 71.3 Å². The van der Waals surface area contributed by atoms with E-state index < -0.39 is 17.7 Å². The van der Waals surface area contributed by atoms with Crippen LogP contribution in [-0.2, 0) is 9.59 Å². The smallest absolute Gasteiger partial charge is 0.295 e. The van der Waals surface area contributed by atoms with Gasteiger partial charge in [0.1, 0.15) is 11.5 Å². The maximum absolute atomic E-state index is 12.8. The van der Waals surface area contributed by atoms with Crippen LogP contribution in [0.25, 0.3) is 5.76 Å². The minimum absolute atomic E-state index is 0.132. The van der Waals surface area contributed by atoms with Crippen molar-refractivity contribution in [1.82, 2.24) is 4.90 Å². The van der Waals surface area contributed by atoms with Gasteiger partial charge in [-0.15, -0.1) is 0 Å². The fourth-order valence-electron chi connectivity index (χ4n) is 3.33. The standard InChI is InChI=1S/C22H23NO4/c1-3-4-14-23-19(15-8-6-5-7-9-15)18(21(25)22(23)26)20(24)16-10-12-17(27-2)13-11-16/h5-13,19,24H,3-4,14H2,1-2H3/t19-/m1/s1. The third-order valence-electron chi connectivity index (χ3n) is 4.77. The van der Waals surface area contributed by atoms with Crippen molar-refractivity contribution in [2.45, 2.75) is 25.8 Å². The van der Waals surface area contributed by atoms with Crippen LogP contribution in [0.1, 0.15) is 36.9 Å². The van der Waals surface area contributed by atoms with E-state index in [0.29, 0.717) is 17.9 Å². The first-order valence-corrected chi connectivity index (χ1v) is 9.06. The van der Waals surface area contributed by atoms with Crippen molar-refractivity contribution < 1.29 is 19.4 Å². The van der Waals surface area contributed by atoms with Gasteiger partial charge in [-0.2, -0.15) is 0 Å². The second-order valence-corrected chi connectivity index (χ2v) is 6.49. The number of nitrogens with zero attached hydrogens (tertiary/aromatic N) is 1.